The monoisotopic (exact) mass is 292 g/mol. The first-order valence-corrected chi connectivity index (χ1v) is 7.40. The number of aromatic nitrogens is 1. The van der Waals surface area contributed by atoms with Crippen LogP contribution in [0.3, 0.4) is 0 Å². The van der Waals surface area contributed by atoms with E-state index in [0.717, 1.165) is 18.4 Å². The predicted octanol–water partition coefficient (Wildman–Crippen LogP) is 2.41. The fourth-order valence-corrected chi connectivity index (χ4v) is 2.08. The van der Waals surface area contributed by atoms with Gasteiger partial charge in [0.05, 0.1) is 5.92 Å². The molecule has 1 heterocycles. The third-order valence-electron chi connectivity index (χ3n) is 3.47. The van der Waals surface area contributed by atoms with Gasteiger partial charge in [0.2, 0.25) is 5.91 Å². The van der Waals surface area contributed by atoms with Crippen molar-refractivity contribution in [3.8, 4) is 0 Å². The maximum absolute atomic E-state index is 11.8. The summed E-state index contributed by atoms with van der Waals surface area (Å²) in [5.74, 6) is -1.06. The summed E-state index contributed by atoms with van der Waals surface area (Å²) in [6.45, 7) is 3.66. The fraction of sp³-hybridized carbons (Fsp3) is 0.562. The fourth-order valence-electron chi connectivity index (χ4n) is 2.08. The molecule has 2 atom stereocenters. The van der Waals surface area contributed by atoms with E-state index in [-0.39, 0.29) is 17.9 Å². The van der Waals surface area contributed by atoms with Gasteiger partial charge in [-0.15, -0.1) is 0 Å². The van der Waals surface area contributed by atoms with Crippen molar-refractivity contribution in [2.24, 2.45) is 5.92 Å². The van der Waals surface area contributed by atoms with E-state index in [4.69, 9.17) is 5.11 Å². The van der Waals surface area contributed by atoms with Crippen molar-refractivity contribution in [2.45, 2.75) is 52.0 Å². The summed E-state index contributed by atoms with van der Waals surface area (Å²) in [5.41, 5.74) is 1.05. The lowest BCUT2D eigenvalue weighted by Crippen LogP contribution is -2.32. The summed E-state index contributed by atoms with van der Waals surface area (Å²) >= 11 is 0. The minimum atomic E-state index is -0.761. The molecular weight excluding hydrogens is 268 g/mol. The molecule has 0 saturated heterocycles. The van der Waals surface area contributed by atoms with E-state index in [2.05, 4.69) is 10.3 Å². The molecule has 1 amide bonds. The Bertz CT molecular complexity index is 448. The number of hydrogen-bond acceptors (Lipinski definition) is 3. The van der Waals surface area contributed by atoms with E-state index < -0.39 is 5.97 Å². The first kappa shape index (κ1) is 17.1. The van der Waals surface area contributed by atoms with Crippen molar-refractivity contribution in [1.29, 1.82) is 0 Å². The number of hydrogen-bond donors (Lipinski definition) is 2. The van der Waals surface area contributed by atoms with Gasteiger partial charge in [0.15, 0.2) is 0 Å². The Morgan fingerprint density at radius 1 is 1.33 bits per heavy atom. The maximum Gasteiger partial charge on any atom is 0.306 e. The van der Waals surface area contributed by atoms with Crippen LogP contribution in [0.1, 0.15) is 45.1 Å². The molecule has 0 bridgehead atoms. The minimum Gasteiger partial charge on any atom is -0.481 e. The molecule has 0 aliphatic heterocycles. The molecule has 2 N–H and O–H groups in total. The Labute approximate surface area is 125 Å². The molecule has 0 aliphatic rings. The zero-order valence-electron chi connectivity index (χ0n) is 12.7. The standard InChI is InChI=1S/C16H24N2O3/c1-12(16(20)21)5-3-6-13(2)18-15(19)9-8-14-7-4-10-17-11-14/h4,7,10-13H,3,5-6,8-9H2,1-2H3,(H,18,19)(H,20,21). The van der Waals surface area contributed by atoms with Gasteiger partial charge < -0.3 is 10.4 Å². The Kier molecular flexibility index (Phi) is 7.43. The molecule has 116 valence electrons. The van der Waals surface area contributed by atoms with Crippen LogP contribution in [0.4, 0.5) is 0 Å². The number of pyridine rings is 1. The molecule has 21 heavy (non-hydrogen) atoms. The highest BCUT2D eigenvalue weighted by molar-refractivity contribution is 5.76. The van der Waals surface area contributed by atoms with Crippen LogP contribution in [0, 0.1) is 5.92 Å². The normalized spacial score (nSPS) is 13.4. The van der Waals surface area contributed by atoms with Gasteiger partial charge in [0, 0.05) is 24.9 Å². The second kappa shape index (κ2) is 9.10. The molecule has 1 aromatic heterocycles. The summed E-state index contributed by atoms with van der Waals surface area (Å²) < 4.78 is 0. The van der Waals surface area contributed by atoms with Gasteiger partial charge in [0.25, 0.3) is 0 Å². The highest BCUT2D eigenvalue weighted by atomic mass is 16.4. The topological polar surface area (TPSA) is 79.3 Å². The summed E-state index contributed by atoms with van der Waals surface area (Å²) in [4.78, 5) is 26.5. The molecule has 0 fully saturated rings. The molecule has 1 rings (SSSR count). The third kappa shape index (κ3) is 7.44. The van der Waals surface area contributed by atoms with Crippen LogP contribution in [-0.4, -0.2) is 28.0 Å². The first-order chi connectivity index (χ1) is 9.99. The number of nitrogens with zero attached hydrogens (tertiary/aromatic N) is 1. The highest BCUT2D eigenvalue weighted by Gasteiger charge is 2.12. The van der Waals surface area contributed by atoms with Crippen LogP contribution in [0.2, 0.25) is 0 Å². The molecule has 0 saturated carbocycles. The highest BCUT2D eigenvalue weighted by Crippen LogP contribution is 2.10. The summed E-state index contributed by atoms with van der Waals surface area (Å²) in [5, 5.41) is 11.7. The predicted molar refractivity (Wildman–Crippen MR) is 80.8 cm³/mol. The molecule has 0 aromatic carbocycles. The van der Waals surface area contributed by atoms with Gasteiger partial charge in [-0.3, -0.25) is 14.6 Å². The number of amides is 1. The first-order valence-electron chi connectivity index (χ1n) is 7.40. The number of nitrogens with one attached hydrogen (secondary N) is 1. The lowest BCUT2D eigenvalue weighted by Gasteiger charge is -2.14. The number of carboxylic acid groups (broad SMARTS) is 1. The SMILES string of the molecule is CC(CCCC(C)C(=O)O)NC(=O)CCc1cccnc1. The van der Waals surface area contributed by atoms with Crippen LogP contribution >= 0.6 is 0 Å². The average molecular weight is 292 g/mol. The third-order valence-corrected chi connectivity index (χ3v) is 3.47. The molecule has 2 unspecified atom stereocenters. The van der Waals surface area contributed by atoms with Gasteiger partial charge in [0.1, 0.15) is 0 Å². The molecule has 0 spiro atoms. The van der Waals surface area contributed by atoms with Gasteiger partial charge in [-0.1, -0.05) is 19.4 Å². The number of aliphatic carboxylic acids is 1. The van der Waals surface area contributed by atoms with E-state index >= 15 is 0 Å². The van der Waals surface area contributed by atoms with Crippen LogP contribution in [0.25, 0.3) is 0 Å². The van der Waals surface area contributed by atoms with Gasteiger partial charge >= 0.3 is 5.97 Å². The van der Waals surface area contributed by atoms with Crippen molar-refractivity contribution in [1.82, 2.24) is 10.3 Å². The van der Waals surface area contributed by atoms with Gasteiger partial charge in [-0.2, -0.15) is 0 Å². The van der Waals surface area contributed by atoms with Crippen molar-refractivity contribution in [3.05, 3.63) is 30.1 Å². The van der Waals surface area contributed by atoms with Gasteiger partial charge in [-0.25, -0.2) is 0 Å². The molecular formula is C16H24N2O3. The summed E-state index contributed by atoms with van der Waals surface area (Å²) in [6.07, 6.45) is 6.86. The van der Waals surface area contributed by atoms with Gasteiger partial charge in [-0.05, 0) is 37.8 Å². The van der Waals surface area contributed by atoms with E-state index in [1.807, 2.05) is 19.1 Å². The van der Waals surface area contributed by atoms with Crippen molar-refractivity contribution < 1.29 is 14.7 Å². The van der Waals surface area contributed by atoms with Crippen LogP contribution in [0.5, 0.6) is 0 Å². The van der Waals surface area contributed by atoms with Crippen LogP contribution in [-0.2, 0) is 16.0 Å². The summed E-state index contributed by atoms with van der Waals surface area (Å²) in [6, 6.07) is 3.89. The zero-order chi connectivity index (χ0) is 15.7. The number of carboxylic acids is 1. The lowest BCUT2D eigenvalue weighted by molar-refractivity contribution is -0.141. The van der Waals surface area contributed by atoms with Crippen LogP contribution < -0.4 is 5.32 Å². The van der Waals surface area contributed by atoms with Crippen molar-refractivity contribution >= 4 is 11.9 Å². The number of aryl methyl sites for hydroxylation is 1. The van der Waals surface area contributed by atoms with Crippen molar-refractivity contribution in [2.75, 3.05) is 0 Å². The van der Waals surface area contributed by atoms with Crippen molar-refractivity contribution in [3.63, 3.8) is 0 Å². The Morgan fingerprint density at radius 2 is 2.10 bits per heavy atom. The van der Waals surface area contributed by atoms with E-state index in [0.29, 0.717) is 19.3 Å². The zero-order valence-corrected chi connectivity index (χ0v) is 12.7. The average Bonchev–Trinajstić information content (AvgIpc) is 2.46. The Hall–Kier alpha value is -1.91. The Morgan fingerprint density at radius 3 is 2.71 bits per heavy atom. The lowest BCUT2D eigenvalue weighted by atomic mass is 10.0. The second-order valence-electron chi connectivity index (χ2n) is 5.50. The van der Waals surface area contributed by atoms with E-state index in [9.17, 15) is 9.59 Å². The smallest absolute Gasteiger partial charge is 0.306 e. The maximum atomic E-state index is 11.8. The molecule has 1 aromatic rings. The molecule has 5 nitrogen and oxygen atoms in total. The molecule has 0 aliphatic carbocycles. The number of carbonyl (C=O) groups is 2. The number of rotatable bonds is 9. The van der Waals surface area contributed by atoms with Crippen LogP contribution in [0.15, 0.2) is 24.5 Å². The Balaban J connectivity index is 2.17. The molecule has 0 radical (unpaired) electrons. The largest absolute Gasteiger partial charge is 0.481 e. The van der Waals surface area contributed by atoms with E-state index in [1.54, 1.807) is 19.3 Å². The second-order valence-corrected chi connectivity index (χ2v) is 5.50. The quantitative estimate of drug-likeness (QED) is 0.732. The summed E-state index contributed by atoms with van der Waals surface area (Å²) in [7, 11) is 0. The number of carbonyl (C=O) groups excluding carboxylic acids is 1. The molecule has 5 heteroatoms. The minimum absolute atomic E-state index is 0.0256. The van der Waals surface area contributed by atoms with E-state index in [1.165, 1.54) is 0 Å².